The van der Waals surface area contributed by atoms with E-state index in [0.29, 0.717) is 28.5 Å². The van der Waals surface area contributed by atoms with Gasteiger partial charge in [0.15, 0.2) is 0 Å². The van der Waals surface area contributed by atoms with E-state index < -0.39 is 11.8 Å². The number of benzene rings is 2. The topological polar surface area (TPSA) is 67.4 Å². The van der Waals surface area contributed by atoms with Gasteiger partial charge in [0.25, 0.3) is 11.8 Å². The highest BCUT2D eigenvalue weighted by Gasteiger charge is 2.12. The Morgan fingerprint density at radius 3 is 2.39 bits per heavy atom. The zero-order valence-electron chi connectivity index (χ0n) is 12.2. The first-order valence-corrected chi connectivity index (χ1v) is 8.25. The molecule has 0 aliphatic rings. The van der Waals surface area contributed by atoms with Gasteiger partial charge in [-0.25, -0.2) is 0 Å². The Morgan fingerprint density at radius 2 is 1.74 bits per heavy atom. The van der Waals surface area contributed by atoms with Crippen LogP contribution in [0.15, 0.2) is 42.5 Å². The van der Waals surface area contributed by atoms with Crippen molar-refractivity contribution in [2.24, 2.45) is 0 Å². The molecule has 2 amide bonds. The number of halogens is 2. The number of hydrogen-bond acceptors (Lipinski definition) is 3. The number of amides is 2. The standard InChI is InChI=1S/C16H14ClIN2O3/c1-2-23-12-6-3-10(4-7-12)15(21)19-20-16(22)13-9-11(17)5-8-14(13)18/h3-9H,2H2,1H3,(H,19,21)(H,20,22). The fourth-order valence-corrected chi connectivity index (χ4v) is 2.55. The second kappa shape index (κ2) is 8.16. The molecular formula is C16H14ClIN2O3. The maximum absolute atomic E-state index is 12.1. The van der Waals surface area contributed by atoms with Crippen molar-refractivity contribution in [1.29, 1.82) is 0 Å². The number of rotatable bonds is 4. The molecule has 0 aliphatic carbocycles. The quantitative estimate of drug-likeness (QED) is 0.561. The summed E-state index contributed by atoms with van der Waals surface area (Å²) in [6, 6.07) is 11.6. The van der Waals surface area contributed by atoms with Gasteiger partial charge in [-0.1, -0.05) is 11.6 Å². The van der Waals surface area contributed by atoms with E-state index in [1.54, 1.807) is 42.5 Å². The van der Waals surface area contributed by atoms with Crippen molar-refractivity contribution in [1.82, 2.24) is 10.9 Å². The highest BCUT2D eigenvalue weighted by Crippen LogP contribution is 2.17. The predicted molar refractivity (Wildman–Crippen MR) is 96.7 cm³/mol. The molecule has 2 rings (SSSR count). The summed E-state index contributed by atoms with van der Waals surface area (Å²) in [7, 11) is 0. The van der Waals surface area contributed by atoms with Crippen molar-refractivity contribution in [2.45, 2.75) is 6.92 Å². The molecular weight excluding hydrogens is 431 g/mol. The highest BCUT2D eigenvalue weighted by molar-refractivity contribution is 14.1. The smallest absolute Gasteiger partial charge is 0.270 e. The van der Waals surface area contributed by atoms with Crippen molar-refractivity contribution >= 4 is 46.0 Å². The van der Waals surface area contributed by atoms with Crippen LogP contribution in [0.4, 0.5) is 0 Å². The van der Waals surface area contributed by atoms with Crippen molar-refractivity contribution in [3.05, 3.63) is 62.2 Å². The molecule has 0 atom stereocenters. The first kappa shape index (κ1) is 17.6. The zero-order valence-corrected chi connectivity index (χ0v) is 15.1. The summed E-state index contributed by atoms with van der Waals surface area (Å²) in [5.41, 5.74) is 5.55. The Bertz CT molecular complexity index is 720. The second-order valence-electron chi connectivity index (χ2n) is 4.49. The maximum atomic E-state index is 12.1. The van der Waals surface area contributed by atoms with Gasteiger partial charge in [-0.3, -0.25) is 20.4 Å². The third kappa shape index (κ3) is 4.84. The van der Waals surface area contributed by atoms with Gasteiger partial charge in [0.1, 0.15) is 5.75 Å². The van der Waals surface area contributed by atoms with E-state index in [1.807, 2.05) is 29.5 Å². The minimum absolute atomic E-state index is 0.394. The number of hydrazine groups is 1. The second-order valence-corrected chi connectivity index (χ2v) is 6.09. The fourth-order valence-electron chi connectivity index (χ4n) is 1.79. The number of carbonyl (C=O) groups excluding carboxylic acids is 2. The first-order chi connectivity index (χ1) is 11.0. The molecule has 2 aromatic rings. The number of carbonyl (C=O) groups is 2. The van der Waals surface area contributed by atoms with Crippen LogP contribution >= 0.6 is 34.2 Å². The summed E-state index contributed by atoms with van der Waals surface area (Å²) in [6.07, 6.45) is 0. The zero-order chi connectivity index (χ0) is 16.8. The van der Waals surface area contributed by atoms with Gasteiger partial charge >= 0.3 is 0 Å². The van der Waals surface area contributed by atoms with Crippen LogP contribution in [0.2, 0.25) is 5.02 Å². The maximum Gasteiger partial charge on any atom is 0.270 e. The number of ether oxygens (including phenoxy) is 1. The van der Waals surface area contributed by atoms with Crippen molar-refractivity contribution in [2.75, 3.05) is 6.61 Å². The summed E-state index contributed by atoms with van der Waals surface area (Å²) in [6.45, 7) is 2.44. The molecule has 0 saturated heterocycles. The minimum atomic E-state index is -0.434. The van der Waals surface area contributed by atoms with Crippen LogP contribution in [0.3, 0.4) is 0 Å². The molecule has 0 aliphatic heterocycles. The lowest BCUT2D eigenvalue weighted by Gasteiger charge is -2.09. The van der Waals surface area contributed by atoms with E-state index in [2.05, 4.69) is 10.9 Å². The highest BCUT2D eigenvalue weighted by atomic mass is 127. The first-order valence-electron chi connectivity index (χ1n) is 6.80. The molecule has 2 N–H and O–H groups in total. The summed E-state index contributed by atoms with van der Waals surface area (Å²) in [4.78, 5) is 24.1. The van der Waals surface area contributed by atoms with Gasteiger partial charge in [0.2, 0.25) is 0 Å². The lowest BCUT2D eigenvalue weighted by Crippen LogP contribution is -2.41. The molecule has 23 heavy (non-hydrogen) atoms. The average Bonchev–Trinajstić information content (AvgIpc) is 2.55. The lowest BCUT2D eigenvalue weighted by molar-refractivity contribution is 0.0846. The largest absolute Gasteiger partial charge is 0.494 e. The molecule has 0 fully saturated rings. The van der Waals surface area contributed by atoms with Gasteiger partial charge < -0.3 is 4.74 Å². The Labute approximate surface area is 152 Å². The van der Waals surface area contributed by atoms with E-state index in [-0.39, 0.29) is 0 Å². The summed E-state index contributed by atoms with van der Waals surface area (Å²) in [5.74, 6) is -0.170. The van der Waals surface area contributed by atoms with Crippen molar-refractivity contribution < 1.29 is 14.3 Å². The Kier molecular flexibility index (Phi) is 6.23. The number of nitrogens with one attached hydrogen (secondary N) is 2. The molecule has 5 nitrogen and oxygen atoms in total. The molecule has 0 spiro atoms. The van der Waals surface area contributed by atoms with E-state index in [4.69, 9.17) is 16.3 Å². The molecule has 0 heterocycles. The molecule has 120 valence electrons. The van der Waals surface area contributed by atoms with E-state index in [0.717, 1.165) is 3.57 Å². The van der Waals surface area contributed by atoms with Crippen LogP contribution in [0.1, 0.15) is 27.6 Å². The van der Waals surface area contributed by atoms with Gasteiger partial charge in [-0.15, -0.1) is 0 Å². The molecule has 0 unspecified atom stereocenters. The van der Waals surface area contributed by atoms with E-state index in [1.165, 1.54) is 0 Å². The van der Waals surface area contributed by atoms with Gasteiger partial charge in [-0.05, 0) is 72.0 Å². The van der Waals surface area contributed by atoms with Crippen LogP contribution in [-0.2, 0) is 0 Å². The Morgan fingerprint density at radius 1 is 1.09 bits per heavy atom. The van der Waals surface area contributed by atoms with Crippen LogP contribution in [-0.4, -0.2) is 18.4 Å². The summed E-state index contributed by atoms with van der Waals surface area (Å²) >= 11 is 7.90. The third-order valence-corrected chi connectivity index (χ3v) is 4.07. The van der Waals surface area contributed by atoms with Crippen molar-refractivity contribution in [3.63, 3.8) is 0 Å². The van der Waals surface area contributed by atoms with Gasteiger partial charge in [0, 0.05) is 14.2 Å². The fraction of sp³-hybridized carbons (Fsp3) is 0.125. The molecule has 2 aromatic carbocycles. The van der Waals surface area contributed by atoms with Crippen LogP contribution < -0.4 is 15.6 Å². The van der Waals surface area contributed by atoms with Crippen LogP contribution in [0.25, 0.3) is 0 Å². The average molecular weight is 445 g/mol. The van der Waals surface area contributed by atoms with Gasteiger partial charge in [-0.2, -0.15) is 0 Å². The molecule has 7 heteroatoms. The molecule has 0 saturated carbocycles. The normalized spacial score (nSPS) is 10.0. The molecule has 0 radical (unpaired) electrons. The Hall–Kier alpha value is -1.80. The van der Waals surface area contributed by atoms with Gasteiger partial charge in [0.05, 0.1) is 12.2 Å². The van der Waals surface area contributed by atoms with Crippen LogP contribution in [0, 0.1) is 3.57 Å². The van der Waals surface area contributed by atoms with E-state index in [9.17, 15) is 9.59 Å². The van der Waals surface area contributed by atoms with Crippen molar-refractivity contribution in [3.8, 4) is 5.75 Å². The Balaban J connectivity index is 1.98. The van der Waals surface area contributed by atoms with Crippen LogP contribution in [0.5, 0.6) is 5.75 Å². The minimum Gasteiger partial charge on any atom is -0.494 e. The molecule has 0 bridgehead atoms. The summed E-state index contributed by atoms with van der Waals surface area (Å²) < 4.78 is 6.04. The monoisotopic (exact) mass is 444 g/mol. The predicted octanol–water partition coefficient (Wildman–Crippen LogP) is 3.42. The summed E-state index contributed by atoms with van der Waals surface area (Å²) in [5, 5.41) is 0.452. The SMILES string of the molecule is CCOc1ccc(C(=O)NNC(=O)c2cc(Cl)ccc2I)cc1. The lowest BCUT2D eigenvalue weighted by atomic mass is 10.2. The third-order valence-electron chi connectivity index (χ3n) is 2.89. The molecule has 0 aromatic heterocycles. The van der Waals surface area contributed by atoms with E-state index >= 15 is 0 Å². The number of hydrogen-bond donors (Lipinski definition) is 2.